The second-order valence-corrected chi connectivity index (χ2v) is 7.50. The van der Waals surface area contributed by atoms with Crippen LogP contribution in [0.3, 0.4) is 0 Å². The number of aromatic nitrogens is 5. The maximum Gasteiger partial charge on any atom is 0.321 e. The molecule has 0 radical (unpaired) electrons. The van der Waals surface area contributed by atoms with Crippen molar-refractivity contribution in [2.75, 3.05) is 23.3 Å². The van der Waals surface area contributed by atoms with Crippen LogP contribution in [0.1, 0.15) is 32.2 Å². The standard InChI is InChI=1S/C19H23N9O3/c1-11(2)8-14(17-25-16(27-31-17)15-21-10-22-26-15)24-18(29)23-12-4-3-5-13(9-12)28-7-6-20-19(28)30/h3-5,9-11,14H,6-8H2,1-2H3,(H,20,30)(H,21,22,26)(H2,23,24,29)/t14-/m1/s1. The lowest BCUT2D eigenvalue weighted by molar-refractivity contribution is 0.240. The van der Waals surface area contributed by atoms with Crippen molar-refractivity contribution in [2.45, 2.75) is 26.3 Å². The van der Waals surface area contributed by atoms with Gasteiger partial charge in [-0.1, -0.05) is 25.1 Å². The summed E-state index contributed by atoms with van der Waals surface area (Å²) in [5, 5.41) is 18.8. The molecule has 1 atom stereocenters. The molecular weight excluding hydrogens is 402 g/mol. The lowest BCUT2D eigenvalue weighted by Crippen LogP contribution is -2.33. The van der Waals surface area contributed by atoms with E-state index in [1.54, 1.807) is 23.1 Å². The Bertz CT molecular complexity index is 1050. The van der Waals surface area contributed by atoms with E-state index in [9.17, 15) is 9.59 Å². The van der Waals surface area contributed by atoms with Gasteiger partial charge in [-0.15, -0.1) is 0 Å². The van der Waals surface area contributed by atoms with Gasteiger partial charge in [0, 0.05) is 24.5 Å². The summed E-state index contributed by atoms with van der Waals surface area (Å²) in [7, 11) is 0. The highest BCUT2D eigenvalue weighted by Gasteiger charge is 2.24. The van der Waals surface area contributed by atoms with Gasteiger partial charge in [0.05, 0.1) is 0 Å². The van der Waals surface area contributed by atoms with E-state index in [1.807, 2.05) is 19.9 Å². The third-order valence-electron chi connectivity index (χ3n) is 4.65. The molecule has 3 heterocycles. The zero-order chi connectivity index (χ0) is 21.8. The van der Waals surface area contributed by atoms with Crippen LogP contribution in [0.15, 0.2) is 35.1 Å². The number of hydrogen-bond acceptors (Lipinski definition) is 7. The number of urea groups is 2. The molecule has 12 nitrogen and oxygen atoms in total. The molecule has 12 heteroatoms. The maximum absolute atomic E-state index is 12.7. The highest BCUT2D eigenvalue weighted by Crippen LogP contribution is 2.23. The lowest BCUT2D eigenvalue weighted by atomic mass is 10.0. The summed E-state index contributed by atoms with van der Waals surface area (Å²) in [6.07, 6.45) is 1.95. The summed E-state index contributed by atoms with van der Waals surface area (Å²) in [5.74, 6) is 1.19. The predicted octanol–water partition coefficient (Wildman–Crippen LogP) is 2.29. The van der Waals surface area contributed by atoms with Crippen molar-refractivity contribution in [3.63, 3.8) is 0 Å². The molecule has 31 heavy (non-hydrogen) atoms. The molecule has 162 valence electrons. The summed E-state index contributed by atoms with van der Waals surface area (Å²) in [6.45, 7) is 5.24. The van der Waals surface area contributed by atoms with Gasteiger partial charge in [0.2, 0.25) is 11.7 Å². The summed E-state index contributed by atoms with van der Waals surface area (Å²) >= 11 is 0. The molecule has 1 aromatic carbocycles. The van der Waals surface area contributed by atoms with Crippen LogP contribution in [-0.4, -0.2) is 50.5 Å². The SMILES string of the molecule is CC(C)C[C@@H](NC(=O)Nc1cccc(N2CCNC2=O)c1)c1nc(-c2ncn[nH]2)no1. The van der Waals surface area contributed by atoms with Crippen LogP contribution in [0.2, 0.25) is 0 Å². The molecule has 0 bridgehead atoms. The van der Waals surface area contributed by atoms with Crippen molar-refractivity contribution in [3.8, 4) is 11.6 Å². The third kappa shape index (κ3) is 4.79. The van der Waals surface area contributed by atoms with Crippen LogP contribution in [0.4, 0.5) is 21.0 Å². The number of anilines is 2. The van der Waals surface area contributed by atoms with Crippen LogP contribution >= 0.6 is 0 Å². The van der Waals surface area contributed by atoms with Gasteiger partial charge in [0.1, 0.15) is 12.4 Å². The summed E-state index contributed by atoms with van der Waals surface area (Å²) in [5.41, 5.74) is 1.27. The second kappa shape index (κ2) is 8.81. The number of rotatable bonds is 7. The lowest BCUT2D eigenvalue weighted by Gasteiger charge is -2.18. The first-order valence-corrected chi connectivity index (χ1v) is 9.92. The van der Waals surface area contributed by atoms with Crippen LogP contribution in [0, 0.1) is 5.92 Å². The molecule has 0 saturated carbocycles. The van der Waals surface area contributed by atoms with Crippen molar-refractivity contribution in [3.05, 3.63) is 36.5 Å². The largest absolute Gasteiger partial charge is 0.337 e. The van der Waals surface area contributed by atoms with Gasteiger partial charge in [-0.2, -0.15) is 10.1 Å². The fourth-order valence-corrected chi connectivity index (χ4v) is 3.27. The number of benzene rings is 1. The first-order chi connectivity index (χ1) is 15.0. The first-order valence-electron chi connectivity index (χ1n) is 9.92. The van der Waals surface area contributed by atoms with Gasteiger partial charge in [0.25, 0.3) is 0 Å². The summed E-state index contributed by atoms with van der Waals surface area (Å²) < 4.78 is 5.36. The molecule has 0 unspecified atom stereocenters. The Labute approximate surface area is 177 Å². The Kier molecular flexibility index (Phi) is 5.78. The smallest absolute Gasteiger partial charge is 0.321 e. The summed E-state index contributed by atoms with van der Waals surface area (Å²) in [4.78, 5) is 34.5. The molecule has 4 N–H and O–H groups in total. The third-order valence-corrected chi connectivity index (χ3v) is 4.65. The highest BCUT2D eigenvalue weighted by molar-refractivity contribution is 5.95. The van der Waals surface area contributed by atoms with Crippen LogP contribution in [0.25, 0.3) is 11.6 Å². The van der Waals surface area contributed by atoms with E-state index in [4.69, 9.17) is 4.52 Å². The van der Waals surface area contributed by atoms with E-state index < -0.39 is 12.1 Å². The van der Waals surface area contributed by atoms with Crippen molar-refractivity contribution in [1.29, 1.82) is 0 Å². The number of carbonyl (C=O) groups excluding carboxylic acids is 2. The number of H-pyrrole nitrogens is 1. The minimum Gasteiger partial charge on any atom is -0.337 e. The molecular formula is C19H23N9O3. The van der Waals surface area contributed by atoms with Gasteiger partial charge in [0.15, 0.2) is 5.82 Å². The average molecular weight is 425 g/mol. The fraction of sp³-hybridized carbons (Fsp3) is 0.368. The van der Waals surface area contributed by atoms with Gasteiger partial charge >= 0.3 is 12.1 Å². The van der Waals surface area contributed by atoms with Gasteiger partial charge in [-0.05, 0) is 30.5 Å². The van der Waals surface area contributed by atoms with Gasteiger partial charge in [-0.25, -0.2) is 14.6 Å². The summed E-state index contributed by atoms with van der Waals surface area (Å²) in [6, 6.07) is 6.03. The number of nitrogens with zero attached hydrogens (tertiary/aromatic N) is 5. The van der Waals surface area contributed by atoms with Gasteiger partial charge in [-0.3, -0.25) is 10.00 Å². The number of hydrogen-bond donors (Lipinski definition) is 4. The topological polar surface area (TPSA) is 154 Å². The number of carbonyl (C=O) groups is 2. The van der Waals surface area contributed by atoms with E-state index in [0.717, 1.165) is 0 Å². The van der Waals surface area contributed by atoms with Crippen molar-refractivity contribution in [2.24, 2.45) is 5.92 Å². The second-order valence-electron chi connectivity index (χ2n) is 7.50. The van der Waals surface area contributed by atoms with E-state index >= 15 is 0 Å². The van der Waals surface area contributed by atoms with E-state index in [-0.39, 0.29) is 23.7 Å². The Morgan fingerprint density at radius 2 is 2.23 bits per heavy atom. The van der Waals surface area contributed by atoms with Gasteiger partial charge < -0.3 is 20.5 Å². The zero-order valence-corrected chi connectivity index (χ0v) is 17.1. The van der Waals surface area contributed by atoms with Crippen molar-refractivity contribution in [1.82, 2.24) is 36.0 Å². The molecule has 4 amide bonds. The first kappa shape index (κ1) is 20.3. The Balaban J connectivity index is 1.45. The Morgan fingerprint density at radius 1 is 1.35 bits per heavy atom. The van der Waals surface area contributed by atoms with E-state index in [1.165, 1.54) is 6.33 Å². The molecule has 3 aromatic rings. The average Bonchev–Trinajstić information content (AvgIpc) is 3.48. The molecule has 1 aliphatic rings. The van der Waals surface area contributed by atoms with E-state index in [2.05, 4.69) is 41.3 Å². The molecule has 1 fully saturated rings. The number of amides is 4. The number of nitrogens with one attached hydrogen (secondary N) is 4. The van der Waals surface area contributed by atoms with Crippen LogP contribution in [0.5, 0.6) is 0 Å². The monoisotopic (exact) mass is 425 g/mol. The normalized spacial score (nSPS) is 14.5. The molecule has 1 aliphatic heterocycles. The molecule has 0 aliphatic carbocycles. The molecule has 0 spiro atoms. The van der Waals surface area contributed by atoms with E-state index in [0.29, 0.717) is 36.7 Å². The Morgan fingerprint density at radius 3 is 2.94 bits per heavy atom. The minimum atomic E-state index is -0.489. The fourth-order valence-electron chi connectivity index (χ4n) is 3.27. The highest BCUT2D eigenvalue weighted by atomic mass is 16.5. The minimum absolute atomic E-state index is 0.155. The van der Waals surface area contributed by atoms with Crippen molar-refractivity contribution >= 4 is 23.4 Å². The number of aromatic amines is 1. The molecule has 4 rings (SSSR count). The Hall–Kier alpha value is -3.96. The molecule has 1 saturated heterocycles. The maximum atomic E-state index is 12.7. The molecule has 2 aromatic heterocycles. The predicted molar refractivity (Wildman–Crippen MR) is 111 cm³/mol. The zero-order valence-electron chi connectivity index (χ0n) is 17.1. The quantitative estimate of drug-likeness (QED) is 0.453. The van der Waals surface area contributed by atoms with Crippen LogP contribution in [-0.2, 0) is 0 Å². The van der Waals surface area contributed by atoms with Crippen molar-refractivity contribution < 1.29 is 14.1 Å². The van der Waals surface area contributed by atoms with Crippen LogP contribution < -0.4 is 20.9 Å².